The quantitative estimate of drug-likeness (QED) is 0.709. The number of esters is 1. The van der Waals surface area contributed by atoms with Gasteiger partial charge >= 0.3 is 18.2 Å². The standard InChI is InChI=1S/C21H21F3N2O4/c1-2-20(25)11-16(18(27)30-12-13-6-4-3-5-7-13)15-10-14(21(22,23)24)8-9-17(15)26(20)19(28)29/h3-10,16H,2,11-12,25H2,1H3,(H,28,29). The number of hydrogen-bond donors (Lipinski definition) is 2. The van der Waals surface area contributed by atoms with Gasteiger partial charge in [0.05, 0.1) is 17.2 Å². The second-order valence-electron chi connectivity index (χ2n) is 7.20. The summed E-state index contributed by atoms with van der Waals surface area (Å²) in [4.78, 5) is 25.6. The number of nitrogens with two attached hydrogens (primary N) is 1. The summed E-state index contributed by atoms with van der Waals surface area (Å²) in [6, 6.07) is 11.4. The third-order valence-corrected chi connectivity index (χ3v) is 5.29. The maximum atomic E-state index is 13.3. The molecule has 0 fully saturated rings. The fourth-order valence-electron chi connectivity index (χ4n) is 3.64. The number of hydrogen-bond acceptors (Lipinski definition) is 4. The molecule has 6 nitrogen and oxygen atoms in total. The van der Waals surface area contributed by atoms with Crippen molar-refractivity contribution in [3.05, 3.63) is 65.2 Å². The largest absolute Gasteiger partial charge is 0.465 e. The maximum Gasteiger partial charge on any atom is 0.416 e. The molecule has 3 N–H and O–H groups in total. The fraction of sp³-hybridized carbons (Fsp3) is 0.333. The predicted octanol–water partition coefficient (Wildman–Crippen LogP) is 4.49. The van der Waals surface area contributed by atoms with Crippen LogP contribution in [0.15, 0.2) is 48.5 Å². The van der Waals surface area contributed by atoms with Crippen molar-refractivity contribution >= 4 is 17.7 Å². The summed E-state index contributed by atoms with van der Waals surface area (Å²) in [6.45, 7) is 1.59. The van der Waals surface area contributed by atoms with E-state index in [1.54, 1.807) is 37.3 Å². The highest BCUT2D eigenvalue weighted by molar-refractivity contribution is 5.93. The van der Waals surface area contributed by atoms with E-state index < -0.39 is 35.4 Å². The van der Waals surface area contributed by atoms with E-state index in [9.17, 15) is 27.9 Å². The average molecular weight is 422 g/mol. The first-order chi connectivity index (χ1) is 14.1. The van der Waals surface area contributed by atoms with E-state index in [-0.39, 0.29) is 30.7 Å². The SMILES string of the molecule is CCC1(N)CC(C(=O)OCc2ccccc2)c2cc(C(F)(F)F)ccc2N1C(=O)O. The number of anilines is 1. The molecule has 1 aliphatic rings. The van der Waals surface area contributed by atoms with Crippen LogP contribution in [-0.4, -0.2) is 22.8 Å². The minimum Gasteiger partial charge on any atom is -0.465 e. The van der Waals surface area contributed by atoms with Crippen molar-refractivity contribution in [2.24, 2.45) is 5.73 Å². The Labute approximate surface area is 171 Å². The van der Waals surface area contributed by atoms with Crippen LogP contribution in [0.1, 0.15) is 42.4 Å². The van der Waals surface area contributed by atoms with Crippen LogP contribution in [0.2, 0.25) is 0 Å². The lowest BCUT2D eigenvalue weighted by Crippen LogP contribution is -2.61. The second-order valence-corrected chi connectivity index (χ2v) is 7.20. The third kappa shape index (κ3) is 4.11. The Bertz CT molecular complexity index is 949. The van der Waals surface area contributed by atoms with Gasteiger partial charge in [-0.1, -0.05) is 37.3 Å². The Morgan fingerprint density at radius 2 is 1.90 bits per heavy atom. The van der Waals surface area contributed by atoms with Crippen molar-refractivity contribution in [3.8, 4) is 0 Å². The molecular weight excluding hydrogens is 401 g/mol. The van der Waals surface area contributed by atoms with Crippen molar-refractivity contribution in [2.45, 2.75) is 44.1 Å². The zero-order valence-corrected chi connectivity index (χ0v) is 16.1. The fourth-order valence-corrected chi connectivity index (χ4v) is 3.64. The first kappa shape index (κ1) is 21.6. The first-order valence-electron chi connectivity index (χ1n) is 9.30. The van der Waals surface area contributed by atoms with Gasteiger partial charge in [-0.2, -0.15) is 13.2 Å². The van der Waals surface area contributed by atoms with Gasteiger partial charge in [-0.3, -0.25) is 9.69 Å². The summed E-state index contributed by atoms with van der Waals surface area (Å²) in [5, 5.41) is 9.67. The minimum atomic E-state index is -4.65. The third-order valence-electron chi connectivity index (χ3n) is 5.29. The van der Waals surface area contributed by atoms with E-state index >= 15 is 0 Å². The molecule has 1 amide bonds. The van der Waals surface area contributed by atoms with Gasteiger partial charge in [0.15, 0.2) is 0 Å². The van der Waals surface area contributed by atoms with Gasteiger partial charge in [0.25, 0.3) is 0 Å². The Kier molecular flexibility index (Phi) is 5.76. The highest BCUT2D eigenvalue weighted by Crippen LogP contribution is 2.45. The summed E-state index contributed by atoms with van der Waals surface area (Å²) in [7, 11) is 0. The Hall–Kier alpha value is -3.07. The van der Waals surface area contributed by atoms with Crippen molar-refractivity contribution in [1.29, 1.82) is 0 Å². The number of amides is 1. The molecule has 9 heteroatoms. The summed E-state index contributed by atoms with van der Waals surface area (Å²) in [6.07, 6.45) is -6.10. The summed E-state index contributed by atoms with van der Waals surface area (Å²) < 4.78 is 45.1. The van der Waals surface area contributed by atoms with E-state index in [4.69, 9.17) is 10.5 Å². The maximum absolute atomic E-state index is 13.3. The number of carbonyl (C=O) groups excluding carboxylic acids is 1. The molecule has 160 valence electrons. The summed E-state index contributed by atoms with van der Waals surface area (Å²) in [5.74, 6) is -1.89. The van der Waals surface area contributed by atoms with Crippen LogP contribution in [0.5, 0.6) is 0 Å². The zero-order valence-electron chi connectivity index (χ0n) is 16.1. The molecule has 0 radical (unpaired) electrons. The van der Waals surface area contributed by atoms with Crippen molar-refractivity contribution in [3.63, 3.8) is 0 Å². The van der Waals surface area contributed by atoms with Crippen LogP contribution >= 0.6 is 0 Å². The Balaban J connectivity index is 2.02. The van der Waals surface area contributed by atoms with E-state index in [1.165, 1.54) is 0 Å². The molecule has 30 heavy (non-hydrogen) atoms. The van der Waals surface area contributed by atoms with E-state index in [2.05, 4.69) is 0 Å². The number of carbonyl (C=O) groups is 2. The van der Waals surface area contributed by atoms with Crippen LogP contribution in [0.3, 0.4) is 0 Å². The minimum absolute atomic E-state index is 0.0484. The van der Waals surface area contributed by atoms with Crippen LogP contribution in [0.4, 0.5) is 23.7 Å². The molecule has 0 saturated carbocycles. The van der Waals surface area contributed by atoms with Crippen LogP contribution in [0.25, 0.3) is 0 Å². The van der Waals surface area contributed by atoms with Gasteiger partial charge in [0.2, 0.25) is 0 Å². The molecule has 3 rings (SSSR count). The molecule has 0 aromatic heterocycles. The zero-order chi connectivity index (χ0) is 22.1. The molecule has 0 bridgehead atoms. The number of ether oxygens (including phenoxy) is 1. The van der Waals surface area contributed by atoms with Crippen LogP contribution in [0, 0.1) is 0 Å². The summed E-state index contributed by atoms with van der Waals surface area (Å²) >= 11 is 0. The number of carboxylic acid groups (broad SMARTS) is 1. The Morgan fingerprint density at radius 3 is 2.47 bits per heavy atom. The Morgan fingerprint density at radius 1 is 1.23 bits per heavy atom. The highest BCUT2D eigenvalue weighted by atomic mass is 19.4. The molecule has 1 aliphatic heterocycles. The van der Waals surface area contributed by atoms with Crippen molar-refractivity contribution in [2.75, 3.05) is 4.90 Å². The lowest BCUT2D eigenvalue weighted by atomic mass is 9.80. The van der Waals surface area contributed by atoms with Gasteiger partial charge < -0.3 is 15.6 Å². The molecule has 0 spiro atoms. The summed E-state index contributed by atoms with van der Waals surface area (Å²) in [5.41, 5.74) is 4.45. The highest BCUT2D eigenvalue weighted by Gasteiger charge is 2.47. The lowest BCUT2D eigenvalue weighted by Gasteiger charge is -2.45. The number of benzene rings is 2. The lowest BCUT2D eigenvalue weighted by molar-refractivity contribution is -0.148. The van der Waals surface area contributed by atoms with E-state index in [0.29, 0.717) is 5.56 Å². The number of nitrogens with zero attached hydrogens (tertiary/aromatic N) is 1. The van der Waals surface area contributed by atoms with E-state index in [1.807, 2.05) is 0 Å². The molecule has 1 heterocycles. The predicted molar refractivity (Wildman–Crippen MR) is 103 cm³/mol. The second kappa shape index (κ2) is 7.98. The molecule has 0 aliphatic carbocycles. The molecular formula is C21H21F3N2O4. The van der Waals surface area contributed by atoms with Gasteiger partial charge in [0, 0.05) is 6.42 Å². The van der Waals surface area contributed by atoms with Gasteiger partial charge in [0.1, 0.15) is 12.3 Å². The molecule has 2 atom stereocenters. The van der Waals surface area contributed by atoms with Crippen molar-refractivity contribution in [1.82, 2.24) is 0 Å². The van der Waals surface area contributed by atoms with Crippen LogP contribution < -0.4 is 10.6 Å². The monoisotopic (exact) mass is 422 g/mol. The topological polar surface area (TPSA) is 92.9 Å². The molecule has 2 unspecified atom stereocenters. The molecule has 2 aromatic carbocycles. The van der Waals surface area contributed by atoms with Gasteiger partial charge in [-0.25, -0.2) is 4.79 Å². The van der Waals surface area contributed by atoms with Gasteiger partial charge in [-0.15, -0.1) is 0 Å². The van der Waals surface area contributed by atoms with Crippen LogP contribution in [-0.2, 0) is 22.3 Å². The van der Waals surface area contributed by atoms with Gasteiger partial charge in [-0.05, 0) is 35.7 Å². The molecule has 2 aromatic rings. The number of fused-ring (bicyclic) bond motifs is 1. The normalized spacial score (nSPS) is 21.1. The van der Waals surface area contributed by atoms with E-state index in [0.717, 1.165) is 23.1 Å². The number of halogens is 3. The average Bonchev–Trinajstić information content (AvgIpc) is 2.70. The number of alkyl halides is 3. The number of rotatable bonds is 4. The van der Waals surface area contributed by atoms with Crippen molar-refractivity contribution < 1.29 is 32.6 Å². The molecule has 0 saturated heterocycles. The first-order valence-corrected chi connectivity index (χ1v) is 9.30. The smallest absolute Gasteiger partial charge is 0.416 e.